The van der Waals surface area contributed by atoms with Crippen LogP contribution in [0.1, 0.15) is 11.1 Å². The molecule has 1 aliphatic rings. The van der Waals surface area contributed by atoms with Crippen molar-refractivity contribution in [1.29, 1.82) is 5.41 Å². The number of pyridine rings is 1. The van der Waals surface area contributed by atoms with Gasteiger partial charge in [-0.15, -0.1) is 0 Å². The Morgan fingerprint density at radius 2 is 1.71 bits per heavy atom. The van der Waals surface area contributed by atoms with Gasteiger partial charge >= 0.3 is 0 Å². The lowest BCUT2D eigenvalue weighted by Gasteiger charge is -2.29. The van der Waals surface area contributed by atoms with Crippen LogP contribution in [0.4, 0.5) is 25.8 Å². The Bertz CT molecular complexity index is 1150. The zero-order valence-corrected chi connectivity index (χ0v) is 17.1. The van der Waals surface area contributed by atoms with E-state index in [0.29, 0.717) is 18.8 Å². The third-order valence-electron chi connectivity index (χ3n) is 5.04. The molecule has 0 atom stereocenters. The molecule has 1 saturated heterocycles. The molecule has 0 amide bonds. The molecule has 9 heteroatoms. The topological polar surface area (TPSA) is 81.2 Å². The highest BCUT2D eigenvalue weighted by molar-refractivity contribution is 6.34. The molecule has 0 aliphatic carbocycles. The quantitative estimate of drug-likeness (QED) is 0.512. The molecular weight excluding hydrogens is 426 g/mol. The summed E-state index contributed by atoms with van der Waals surface area (Å²) < 4.78 is 33.7. The number of hydrogen-bond acceptors (Lipinski definition) is 5. The van der Waals surface area contributed by atoms with E-state index < -0.39 is 22.9 Å². The molecule has 1 aliphatic heterocycles. The number of aromatic amines is 1. The van der Waals surface area contributed by atoms with Crippen molar-refractivity contribution in [3.05, 3.63) is 86.8 Å². The van der Waals surface area contributed by atoms with Gasteiger partial charge in [-0.05, 0) is 24.3 Å². The summed E-state index contributed by atoms with van der Waals surface area (Å²) in [4.78, 5) is 17.2. The van der Waals surface area contributed by atoms with Crippen molar-refractivity contribution in [2.75, 3.05) is 36.5 Å². The Balaban J connectivity index is 1.70. The Hall–Kier alpha value is -3.23. The summed E-state index contributed by atoms with van der Waals surface area (Å²) in [6.45, 7) is 2.84. The fourth-order valence-electron chi connectivity index (χ4n) is 3.41. The van der Waals surface area contributed by atoms with Crippen molar-refractivity contribution in [3.63, 3.8) is 0 Å². The fraction of sp³-hybridized carbons (Fsp3) is 0.182. The molecule has 0 bridgehead atoms. The third-order valence-corrected chi connectivity index (χ3v) is 5.34. The number of para-hydroxylation sites is 1. The maximum atomic E-state index is 14.1. The van der Waals surface area contributed by atoms with Gasteiger partial charge in [-0.3, -0.25) is 10.2 Å². The van der Waals surface area contributed by atoms with Crippen molar-refractivity contribution in [2.24, 2.45) is 0 Å². The minimum absolute atomic E-state index is 0.0203. The summed E-state index contributed by atoms with van der Waals surface area (Å²) in [5.41, 5.74) is 0.0913. The van der Waals surface area contributed by atoms with Crippen molar-refractivity contribution in [2.45, 2.75) is 0 Å². The summed E-state index contributed by atoms with van der Waals surface area (Å²) in [6, 6.07) is 10.6. The van der Waals surface area contributed by atoms with Gasteiger partial charge in [0.2, 0.25) is 0 Å². The number of halogens is 3. The fourth-order valence-corrected chi connectivity index (χ4v) is 3.61. The molecule has 2 aromatic carbocycles. The van der Waals surface area contributed by atoms with Gasteiger partial charge in [0.1, 0.15) is 17.3 Å². The van der Waals surface area contributed by atoms with Crippen LogP contribution in [0.25, 0.3) is 0 Å². The number of hydrogen-bond donors (Lipinski definition) is 3. The van der Waals surface area contributed by atoms with Gasteiger partial charge in [-0.1, -0.05) is 29.8 Å². The number of H-pyrrole nitrogens is 1. The van der Waals surface area contributed by atoms with Gasteiger partial charge in [0.05, 0.1) is 35.2 Å². The second-order valence-corrected chi connectivity index (χ2v) is 7.37. The predicted molar refractivity (Wildman–Crippen MR) is 117 cm³/mol. The highest BCUT2D eigenvalue weighted by Crippen LogP contribution is 2.31. The summed E-state index contributed by atoms with van der Waals surface area (Å²) in [6.07, 6.45) is 1.21. The van der Waals surface area contributed by atoms with E-state index in [1.807, 2.05) is 12.1 Å². The van der Waals surface area contributed by atoms with E-state index in [2.05, 4.69) is 15.2 Å². The van der Waals surface area contributed by atoms with Crippen LogP contribution in [-0.2, 0) is 4.74 Å². The van der Waals surface area contributed by atoms with E-state index in [9.17, 15) is 13.6 Å². The molecule has 160 valence electrons. The van der Waals surface area contributed by atoms with Crippen molar-refractivity contribution in [3.8, 4) is 0 Å². The van der Waals surface area contributed by atoms with Gasteiger partial charge in [0.25, 0.3) is 5.56 Å². The van der Waals surface area contributed by atoms with Crippen LogP contribution in [0, 0.1) is 17.0 Å². The Kier molecular flexibility index (Phi) is 6.01. The number of anilines is 3. The van der Waals surface area contributed by atoms with E-state index in [0.717, 1.165) is 30.9 Å². The molecule has 0 unspecified atom stereocenters. The number of nitrogens with one attached hydrogen (secondary N) is 3. The standard InChI is InChI=1S/C22H19ClF2N4O2/c23-15-12-27-22(30)18(20(15)28-21-16(24)2-1-3-17(21)25)19(26)13-4-6-14(7-5-13)29-8-10-31-11-9-29/h1-7,12,26H,8-11H2,(H2,27,28,30). The van der Waals surface area contributed by atoms with E-state index >= 15 is 0 Å². The van der Waals surface area contributed by atoms with Crippen LogP contribution < -0.4 is 15.8 Å². The number of benzene rings is 2. The van der Waals surface area contributed by atoms with Crippen LogP contribution in [0.2, 0.25) is 5.02 Å². The van der Waals surface area contributed by atoms with Crippen molar-refractivity contribution < 1.29 is 13.5 Å². The molecule has 1 aromatic heterocycles. The predicted octanol–water partition coefficient (Wildman–Crippen LogP) is 4.30. The first kappa shape index (κ1) is 21.0. The van der Waals surface area contributed by atoms with Gasteiger partial charge in [-0.2, -0.15) is 0 Å². The Labute approximate surface area is 181 Å². The van der Waals surface area contributed by atoms with Crippen LogP contribution in [-0.4, -0.2) is 37.0 Å². The number of rotatable bonds is 5. The average Bonchev–Trinajstić information content (AvgIpc) is 2.79. The molecule has 0 radical (unpaired) electrons. The molecule has 0 spiro atoms. The molecule has 6 nitrogen and oxygen atoms in total. The van der Waals surface area contributed by atoms with Gasteiger partial charge < -0.3 is 19.9 Å². The number of morpholine rings is 1. The summed E-state index contributed by atoms with van der Waals surface area (Å²) in [5.74, 6) is -1.69. The smallest absolute Gasteiger partial charge is 0.259 e. The first-order valence-electron chi connectivity index (χ1n) is 9.60. The lowest BCUT2D eigenvalue weighted by atomic mass is 10.0. The molecule has 4 rings (SSSR count). The molecule has 31 heavy (non-hydrogen) atoms. The van der Waals surface area contributed by atoms with E-state index in [-0.39, 0.29) is 22.0 Å². The van der Waals surface area contributed by atoms with E-state index in [1.54, 1.807) is 12.1 Å². The van der Waals surface area contributed by atoms with Crippen LogP contribution in [0.3, 0.4) is 0 Å². The molecular formula is C22H19ClF2N4O2. The Morgan fingerprint density at radius 3 is 2.35 bits per heavy atom. The van der Waals surface area contributed by atoms with E-state index in [4.69, 9.17) is 21.7 Å². The highest BCUT2D eigenvalue weighted by atomic mass is 35.5. The number of nitrogens with zero attached hydrogens (tertiary/aromatic N) is 1. The molecule has 3 N–H and O–H groups in total. The van der Waals surface area contributed by atoms with Crippen LogP contribution >= 0.6 is 11.6 Å². The number of aromatic nitrogens is 1. The van der Waals surface area contributed by atoms with Gasteiger partial charge in [-0.25, -0.2) is 8.78 Å². The van der Waals surface area contributed by atoms with Crippen molar-refractivity contribution in [1.82, 2.24) is 4.98 Å². The zero-order chi connectivity index (χ0) is 22.0. The van der Waals surface area contributed by atoms with E-state index in [1.165, 1.54) is 12.3 Å². The normalized spacial score (nSPS) is 13.8. The summed E-state index contributed by atoms with van der Waals surface area (Å²) in [7, 11) is 0. The minimum Gasteiger partial charge on any atom is -0.378 e. The van der Waals surface area contributed by atoms with Crippen LogP contribution in [0.5, 0.6) is 0 Å². The number of ether oxygens (including phenoxy) is 1. The molecule has 3 aromatic rings. The third kappa shape index (κ3) is 4.30. The lowest BCUT2D eigenvalue weighted by Crippen LogP contribution is -2.36. The first-order valence-corrected chi connectivity index (χ1v) is 9.98. The second kappa shape index (κ2) is 8.87. The molecule has 0 saturated carbocycles. The lowest BCUT2D eigenvalue weighted by molar-refractivity contribution is 0.122. The second-order valence-electron chi connectivity index (χ2n) is 6.96. The van der Waals surface area contributed by atoms with Crippen LogP contribution in [0.15, 0.2) is 53.5 Å². The van der Waals surface area contributed by atoms with Crippen molar-refractivity contribution >= 4 is 34.4 Å². The largest absolute Gasteiger partial charge is 0.378 e. The van der Waals surface area contributed by atoms with Gasteiger partial charge in [0, 0.05) is 30.5 Å². The minimum atomic E-state index is -0.844. The summed E-state index contributed by atoms with van der Waals surface area (Å²) >= 11 is 6.22. The average molecular weight is 445 g/mol. The monoisotopic (exact) mass is 444 g/mol. The highest BCUT2D eigenvalue weighted by Gasteiger charge is 2.21. The van der Waals surface area contributed by atoms with Gasteiger partial charge in [0.15, 0.2) is 0 Å². The SMILES string of the molecule is N=C(c1ccc(N2CCOCC2)cc1)c1c(Nc2c(F)cccc2F)c(Cl)c[nH]c1=O. The zero-order valence-electron chi connectivity index (χ0n) is 16.3. The summed E-state index contributed by atoms with van der Waals surface area (Å²) in [5, 5.41) is 11.2. The molecule has 2 heterocycles. The Morgan fingerprint density at radius 1 is 1.06 bits per heavy atom. The maximum Gasteiger partial charge on any atom is 0.259 e. The maximum absolute atomic E-state index is 14.1. The molecule has 1 fully saturated rings. The first-order chi connectivity index (χ1) is 15.0.